The van der Waals surface area contributed by atoms with Gasteiger partial charge in [0.1, 0.15) is 11.4 Å². The molecule has 0 atom stereocenters. The van der Waals surface area contributed by atoms with Gasteiger partial charge >= 0.3 is 12.1 Å². The number of amides is 1. The summed E-state index contributed by atoms with van der Waals surface area (Å²) in [5.41, 5.74) is 3.23. The minimum atomic E-state index is -0.481. The number of ether oxygens (including phenoxy) is 2. The Bertz CT molecular complexity index is 954. The second kappa shape index (κ2) is 9.77. The van der Waals surface area contributed by atoms with Crippen LogP contribution in [0.15, 0.2) is 55.1 Å². The van der Waals surface area contributed by atoms with Gasteiger partial charge in [-0.3, -0.25) is 4.79 Å². The van der Waals surface area contributed by atoms with Crippen LogP contribution >= 0.6 is 0 Å². The van der Waals surface area contributed by atoms with E-state index in [2.05, 4.69) is 28.9 Å². The Labute approximate surface area is 189 Å². The van der Waals surface area contributed by atoms with Crippen molar-refractivity contribution in [2.45, 2.75) is 33.3 Å². The molecule has 0 saturated carbocycles. The number of nitrogens with one attached hydrogen (secondary N) is 1. The number of benzene rings is 2. The number of anilines is 2. The average Bonchev–Trinajstić information content (AvgIpc) is 2.74. The molecule has 0 radical (unpaired) electrons. The zero-order valence-electron chi connectivity index (χ0n) is 19.2. The van der Waals surface area contributed by atoms with Crippen molar-refractivity contribution in [3.63, 3.8) is 0 Å². The number of rotatable bonds is 5. The topological polar surface area (TPSA) is 71.1 Å². The Hall–Kier alpha value is -3.48. The lowest BCUT2D eigenvalue weighted by Gasteiger charge is -2.36. The number of nitrogens with zero attached hydrogens (tertiary/aromatic N) is 2. The molecule has 2 aromatic rings. The summed E-state index contributed by atoms with van der Waals surface area (Å²) in [6.45, 7) is 13.9. The third-order valence-electron chi connectivity index (χ3n) is 4.92. The summed E-state index contributed by atoms with van der Waals surface area (Å²) in [4.78, 5) is 27.3. The van der Waals surface area contributed by atoms with Gasteiger partial charge in [-0.25, -0.2) is 4.79 Å². The minimum Gasteiger partial charge on any atom is -0.444 e. The molecule has 3 rings (SSSR count). The molecular weight excluding hydrogens is 406 g/mol. The smallest absolute Gasteiger partial charge is 0.410 e. The van der Waals surface area contributed by atoms with Crippen LogP contribution in [0.2, 0.25) is 0 Å². The van der Waals surface area contributed by atoms with E-state index >= 15 is 0 Å². The molecule has 32 heavy (non-hydrogen) atoms. The quantitative estimate of drug-likeness (QED) is 0.538. The van der Waals surface area contributed by atoms with Crippen molar-refractivity contribution in [3.8, 4) is 5.75 Å². The third-order valence-corrected chi connectivity index (χ3v) is 4.92. The van der Waals surface area contributed by atoms with Crippen molar-refractivity contribution in [1.82, 2.24) is 4.90 Å². The van der Waals surface area contributed by atoms with Crippen LogP contribution in [-0.4, -0.2) is 48.7 Å². The lowest BCUT2D eigenvalue weighted by molar-refractivity contribution is -0.131. The minimum absolute atomic E-state index is 0.254. The molecule has 0 aromatic heterocycles. The fourth-order valence-corrected chi connectivity index (χ4v) is 3.37. The number of carbonyl (C=O) groups is 2. The maximum Gasteiger partial charge on any atom is 0.410 e. The van der Waals surface area contributed by atoms with E-state index in [0.717, 1.165) is 35.7 Å². The van der Waals surface area contributed by atoms with Crippen molar-refractivity contribution in [3.05, 3.63) is 60.7 Å². The first kappa shape index (κ1) is 23.2. The highest BCUT2D eigenvalue weighted by molar-refractivity contribution is 5.76. The molecule has 170 valence electrons. The maximum atomic E-state index is 12.2. The van der Waals surface area contributed by atoms with Crippen molar-refractivity contribution in [2.24, 2.45) is 0 Å². The molecule has 1 aliphatic rings. The number of hydrogen-bond acceptors (Lipinski definition) is 6. The summed E-state index contributed by atoms with van der Waals surface area (Å²) >= 11 is 0. The van der Waals surface area contributed by atoms with Gasteiger partial charge < -0.3 is 24.6 Å². The predicted octanol–water partition coefficient (Wildman–Crippen LogP) is 4.75. The lowest BCUT2D eigenvalue weighted by Crippen LogP contribution is -2.50. The van der Waals surface area contributed by atoms with Crippen LogP contribution in [-0.2, 0) is 9.53 Å². The van der Waals surface area contributed by atoms with Crippen molar-refractivity contribution < 1.29 is 19.1 Å². The zero-order chi connectivity index (χ0) is 23.3. The standard InChI is InChI=1S/C25H31N3O4/c1-18(26-21-8-12-23(13-9-21)31-19(2)29)20-6-10-22(11-7-20)27-14-16-28(17-15-27)24(30)32-25(3,4)5/h6-13,26H,1,14-17H2,2-5H3. The average molecular weight is 438 g/mol. The second-order valence-corrected chi connectivity index (χ2v) is 8.72. The van der Waals surface area contributed by atoms with Gasteiger partial charge in [0, 0.05) is 50.2 Å². The van der Waals surface area contributed by atoms with Crippen LogP contribution in [0.25, 0.3) is 5.70 Å². The molecule has 1 heterocycles. The Morgan fingerprint density at radius 2 is 1.53 bits per heavy atom. The molecule has 7 heteroatoms. The summed E-state index contributed by atoms with van der Waals surface area (Å²) in [6, 6.07) is 15.3. The molecule has 1 amide bonds. The Balaban J connectivity index is 1.53. The second-order valence-electron chi connectivity index (χ2n) is 8.72. The molecule has 2 aromatic carbocycles. The fraction of sp³-hybridized carbons (Fsp3) is 0.360. The van der Waals surface area contributed by atoms with Crippen LogP contribution in [0.5, 0.6) is 5.75 Å². The van der Waals surface area contributed by atoms with Crippen LogP contribution in [0, 0.1) is 0 Å². The number of esters is 1. The maximum absolute atomic E-state index is 12.2. The molecule has 1 fully saturated rings. The fourth-order valence-electron chi connectivity index (χ4n) is 3.37. The van der Waals surface area contributed by atoms with Crippen molar-refractivity contribution in [2.75, 3.05) is 36.4 Å². The first-order chi connectivity index (χ1) is 15.1. The zero-order valence-corrected chi connectivity index (χ0v) is 19.2. The van der Waals surface area contributed by atoms with E-state index in [9.17, 15) is 9.59 Å². The van der Waals surface area contributed by atoms with Gasteiger partial charge in [-0.2, -0.15) is 0 Å². The van der Waals surface area contributed by atoms with Crippen molar-refractivity contribution >= 4 is 29.1 Å². The molecular formula is C25H31N3O4. The van der Waals surface area contributed by atoms with Crippen LogP contribution in [0.4, 0.5) is 16.2 Å². The van der Waals surface area contributed by atoms with Gasteiger partial charge in [-0.1, -0.05) is 18.7 Å². The number of piperazine rings is 1. The highest BCUT2D eigenvalue weighted by atomic mass is 16.6. The largest absolute Gasteiger partial charge is 0.444 e. The molecule has 0 unspecified atom stereocenters. The van der Waals surface area contributed by atoms with Gasteiger partial charge in [0.15, 0.2) is 0 Å². The molecule has 0 aliphatic carbocycles. The SMILES string of the molecule is C=C(Nc1ccc(OC(C)=O)cc1)c1ccc(N2CCN(C(=O)OC(C)(C)C)CC2)cc1. The summed E-state index contributed by atoms with van der Waals surface area (Å²) in [7, 11) is 0. The summed E-state index contributed by atoms with van der Waals surface area (Å²) in [6.07, 6.45) is -0.254. The van der Waals surface area contributed by atoms with Crippen LogP contribution in [0.1, 0.15) is 33.3 Å². The monoisotopic (exact) mass is 437 g/mol. The van der Waals surface area contributed by atoms with Gasteiger partial charge in [0.05, 0.1) is 0 Å². The summed E-state index contributed by atoms with van der Waals surface area (Å²) < 4.78 is 10.5. The lowest BCUT2D eigenvalue weighted by atomic mass is 10.1. The van der Waals surface area contributed by atoms with Gasteiger partial charge in [0.2, 0.25) is 0 Å². The predicted molar refractivity (Wildman–Crippen MR) is 127 cm³/mol. The first-order valence-corrected chi connectivity index (χ1v) is 10.7. The first-order valence-electron chi connectivity index (χ1n) is 10.7. The Morgan fingerprint density at radius 3 is 2.06 bits per heavy atom. The van der Waals surface area contributed by atoms with Gasteiger partial charge in [-0.15, -0.1) is 0 Å². The van der Waals surface area contributed by atoms with E-state index in [1.54, 1.807) is 17.0 Å². The third kappa shape index (κ3) is 6.51. The molecule has 1 saturated heterocycles. The molecule has 1 aliphatic heterocycles. The van der Waals surface area contributed by atoms with Gasteiger partial charge in [0.25, 0.3) is 0 Å². The van der Waals surface area contributed by atoms with E-state index in [1.807, 2.05) is 45.0 Å². The molecule has 0 spiro atoms. The van der Waals surface area contributed by atoms with Crippen molar-refractivity contribution in [1.29, 1.82) is 0 Å². The number of carbonyl (C=O) groups excluding carboxylic acids is 2. The molecule has 0 bridgehead atoms. The Morgan fingerprint density at radius 1 is 0.938 bits per heavy atom. The van der Waals surface area contributed by atoms with E-state index in [1.165, 1.54) is 6.92 Å². The normalized spacial score (nSPS) is 14.0. The van der Waals surface area contributed by atoms with E-state index in [0.29, 0.717) is 18.8 Å². The highest BCUT2D eigenvalue weighted by Gasteiger charge is 2.25. The van der Waals surface area contributed by atoms with Gasteiger partial charge in [-0.05, 0) is 62.7 Å². The van der Waals surface area contributed by atoms with Crippen LogP contribution < -0.4 is 15.0 Å². The van der Waals surface area contributed by atoms with E-state index in [-0.39, 0.29) is 12.1 Å². The van der Waals surface area contributed by atoms with E-state index < -0.39 is 5.60 Å². The number of hydrogen-bond donors (Lipinski definition) is 1. The molecule has 1 N–H and O–H groups in total. The van der Waals surface area contributed by atoms with E-state index in [4.69, 9.17) is 9.47 Å². The van der Waals surface area contributed by atoms with Crippen LogP contribution in [0.3, 0.4) is 0 Å². The summed E-state index contributed by atoms with van der Waals surface area (Å²) in [5.74, 6) is 0.159. The molecule has 7 nitrogen and oxygen atoms in total. The highest BCUT2D eigenvalue weighted by Crippen LogP contribution is 2.24. The summed E-state index contributed by atoms with van der Waals surface area (Å²) in [5, 5.41) is 3.27. The Kier molecular flexibility index (Phi) is 7.08.